The lowest BCUT2D eigenvalue weighted by molar-refractivity contribution is 0.296. The minimum absolute atomic E-state index is 0.242. The van der Waals surface area contributed by atoms with Gasteiger partial charge in [0.25, 0.3) is 0 Å². The minimum atomic E-state index is 0.242. The first-order valence-electron chi connectivity index (χ1n) is 6.75. The third-order valence-electron chi connectivity index (χ3n) is 2.86. The summed E-state index contributed by atoms with van der Waals surface area (Å²) >= 11 is 18.3. The Kier molecular flexibility index (Phi) is 12.1. The topological polar surface area (TPSA) is 40.5 Å². The molecule has 1 rings (SSSR count). The van der Waals surface area contributed by atoms with E-state index in [2.05, 4.69) is 63.7 Å². The van der Waals surface area contributed by atoms with Crippen LogP contribution in [0.15, 0.2) is 17.9 Å². The zero-order chi connectivity index (χ0) is 16.5. The van der Waals surface area contributed by atoms with E-state index in [9.17, 15) is 0 Å². The van der Waals surface area contributed by atoms with Crippen LogP contribution in [0.25, 0.3) is 0 Å². The van der Waals surface area contributed by atoms with Gasteiger partial charge in [0.15, 0.2) is 0 Å². The average Bonchev–Trinajstić information content (AvgIpc) is 2.52. The third-order valence-corrected chi connectivity index (χ3v) is 9.93. The summed E-state index contributed by atoms with van der Waals surface area (Å²) in [5.74, 6) is 3.71. The summed E-state index contributed by atoms with van der Waals surface area (Å²) in [6.07, 6.45) is 1.64. The first-order valence-corrected chi connectivity index (χ1v) is 12.2. The summed E-state index contributed by atoms with van der Waals surface area (Å²) in [5.41, 5.74) is 2.56. The van der Waals surface area contributed by atoms with Crippen LogP contribution in [-0.2, 0) is 11.5 Å². The summed E-state index contributed by atoms with van der Waals surface area (Å²) in [6, 6.07) is 0. The van der Waals surface area contributed by atoms with Gasteiger partial charge in [0, 0.05) is 42.6 Å². The zero-order valence-electron chi connectivity index (χ0n) is 11.9. The Morgan fingerprint density at radius 2 is 1.00 bits per heavy atom. The smallest absolute Gasteiger partial charge is 0.0474 e. The third kappa shape index (κ3) is 6.58. The first-order chi connectivity index (χ1) is 10.5. The Morgan fingerprint density at radius 1 is 0.636 bits per heavy atom. The van der Waals surface area contributed by atoms with Gasteiger partial charge >= 0.3 is 0 Å². The maximum atomic E-state index is 8.90. The molecule has 0 bridgehead atoms. The molecule has 0 spiro atoms. The molecule has 0 fully saturated rings. The van der Waals surface area contributed by atoms with Crippen molar-refractivity contribution in [2.45, 2.75) is 24.3 Å². The van der Waals surface area contributed by atoms with Crippen molar-refractivity contribution in [2.75, 3.05) is 24.7 Å². The van der Waals surface area contributed by atoms with E-state index in [1.165, 1.54) is 11.1 Å². The van der Waals surface area contributed by atoms with Gasteiger partial charge in [-0.25, -0.2) is 0 Å². The van der Waals surface area contributed by atoms with E-state index in [4.69, 9.17) is 10.2 Å². The van der Waals surface area contributed by atoms with Crippen molar-refractivity contribution in [2.24, 2.45) is 0 Å². The summed E-state index contributed by atoms with van der Waals surface area (Å²) in [6.45, 7) is 0.484. The van der Waals surface area contributed by atoms with Gasteiger partial charge < -0.3 is 10.2 Å². The molecule has 0 radical (unpaired) electrons. The molecule has 0 saturated heterocycles. The predicted octanol–water partition coefficient (Wildman–Crippen LogP) is 5.97. The van der Waals surface area contributed by atoms with Crippen LogP contribution in [0.2, 0.25) is 0 Å². The quantitative estimate of drug-likeness (QED) is 0.197. The van der Waals surface area contributed by atoms with Crippen LogP contribution >= 0.6 is 87.2 Å². The molecule has 0 aromatic heterocycles. The lowest BCUT2D eigenvalue weighted by atomic mass is 10.1. The number of aliphatic hydroxyl groups excluding tert-OH is 2. The van der Waals surface area contributed by atoms with Gasteiger partial charge in [-0.2, -0.15) is 23.5 Å². The molecule has 22 heavy (non-hydrogen) atoms. The van der Waals surface area contributed by atoms with Crippen LogP contribution in [-0.4, -0.2) is 34.9 Å². The molecule has 0 heterocycles. The summed E-state index contributed by atoms with van der Waals surface area (Å²) < 4.78 is 4.19. The number of rotatable bonds is 10. The molecule has 126 valence electrons. The van der Waals surface area contributed by atoms with E-state index in [1.54, 1.807) is 0 Å². The Labute approximate surface area is 174 Å². The van der Waals surface area contributed by atoms with Gasteiger partial charge in [-0.05, 0) is 99.2 Å². The number of thioether (sulfide) groups is 2. The van der Waals surface area contributed by atoms with Crippen LogP contribution in [0.5, 0.6) is 0 Å². The molecule has 0 saturated carbocycles. The second kappa shape index (κ2) is 12.2. The average molecular weight is 602 g/mol. The van der Waals surface area contributed by atoms with E-state index >= 15 is 0 Å². The molecular formula is C14H18Br4O2S2. The van der Waals surface area contributed by atoms with E-state index in [1.807, 2.05) is 23.5 Å². The predicted molar refractivity (Wildman–Crippen MR) is 113 cm³/mol. The van der Waals surface area contributed by atoms with Crippen molar-refractivity contribution in [1.82, 2.24) is 0 Å². The van der Waals surface area contributed by atoms with Crippen LogP contribution in [0.4, 0.5) is 0 Å². The summed E-state index contributed by atoms with van der Waals surface area (Å²) in [7, 11) is 0. The van der Waals surface area contributed by atoms with Crippen LogP contribution in [0.3, 0.4) is 0 Å². The van der Waals surface area contributed by atoms with Crippen molar-refractivity contribution >= 4 is 87.2 Å². The standard InChI is InChI=1S/C14H18Br4O2S2/c15-11-9(7-21-5-1-3-19)10(8-22-6-2-4-20)12(16)14(18)13(11)17/h19-20H,1-8H2. The Bertz CT molecular complexity index is 444. The van der Waals surface area contributed by atoms with Gasteiger partial charge in [-0.1, -0.05) is 0 Å². The number of hydrogen-bond donors (Lipinski definition) is 2. The number of hydrogen-bond acceptors (Lipinski definition) is 4. The van der Waals surface area contributed by atoms with Crippen molar-refractivity contribution in [3.63, 3.8) is 0 Å². The maximum absolute atomic E-state index is 8.90. The largest absolute Gasteiger partial charge is 0.396 e. The Balaban J connectivity index is 2.93. The number of aliphatic hydroxyl groups is 2. The number of halogens is 4. The molecule has 0 amide bonds. The summed E-state index contributed by atoms with van der Waals surface area (Å²) in [4.78, 5) is 0. The molecule has 0 aliphatic heterocycles. The second-order valence-electron chi connectivity index (χ2n) is 4.47. The highest BCUT2D eigenvalue weighted by molar-refractivity contribution is 9.15. The van der Waals surface area contributed by atoms with Gasteiger partial charge in [0.1, 0.15) is 0 Å². The van der Waals surface area contributed by atoms with Crippen LogP contribution < -0.4 is 0 Å². The highest BCUT2D eigenvalue weighted by Gasteiger charge is 2.18. The fourth-order valence-corrected chi connectivity index (χ4v) is 6.64. The Hall–Kier alpha value is 1.76. The van der Waals surface area contributed by atoms with E-state index in [0.29, 0.717) is 0 Å². The molecule has 1 aromatic rings. The molecule has 2 N–H and O–H groups in total. The lowest BCUT2D eigenvalue weighted by Crippen LogP contribution is -1.99. The lowest BCUT2D eigenvalue weighted by Gasteiger charge is -2.17. The van der Waals surface area contributed by atoms with Crippen molar-refractivity contribution in [3.05, 3.63) is 29.0 Å². The first kappa shape index (κ1) is 21.8. The van der Waals surface area contributed by atoms with Gasteiger partial charge in [-0.3, -0.25) is 0 Å². The van der Waals surface area contributed by atoms with Crippen molar-refractivity contribution in [3.8, 4) is 0 Å². The molecule has 2 nitrogen and oxygen atoms in total. The highest BCUT2D eigenvalue weighted by atomic mass is 79.9. The highest BCUT2D eigenvalue weighted by Crippen LogP contribution is 2.44. The van der Waals surface area contributed by atoms with E-state index in [0.717, 1.165) is 53.7 Å². The fourth-order valence-electron chi connectivity index (χ4n) is 1.71. The maximum Gasteiger partial charge on any atom is 0.0474 e. The van der Waals surface area contributed by atoms with Gasteiger partial charge in [0.05, 0.1) is 0 Å². The molecular weight excluding hydrogens is 584 g/mol. The van der Waals surface area contributed by atoms with Crippen LogP contribution in [0.1, 0.15) is 24.0 Å². The Morgan fingerprint density at radius 3 is 1.32 bits per heavy atom. The van der Waals surface area contributed by atoms with E-state index < -0.39 is 0 Å². The fraction of sp³-hybridized carbons (Fsp3) is 0.571. The van der Waals surface area contributed by atoms with Gasteiger partial charge in [0.2, 0.25) is 0 Å². The SMILES string of the molecule is OCCCSCc1c(Br)c(Br)c(Br)c(Br)c1CSCCCO. The van der Waals surface area contributed by atoms with Gasteiger partial charge in [-0.15, -0.1) is 0 Å². The molecule has 0 unspecified atom stereocenters. The van der Waals surface area contributed by atoms with Crippen molar-refractivity contribution in [1.29, 1.82) is 0 Å². The molecule has 0 aliphatic rings. The normalized spacial score (nSPS) is 11.2. The second-order valence-corrected chi connectivity index (χ2v) is 9.85. The zero-order valence-corrected chi connectivity index (χ0v) is 19.9. The van der Waals surface area contributed by atoms with E-state index in [-0.39, 0.29) is 13.2 Å². The van der Waals surface area contributed by atoms with Crippen LogP contribution in [0, 0.1) is 0 Å². The molecule has 8 heteroatoms. The molecule has 0 aliphatic carbocycles. The monoisotopic (exact) mass is 598 g/mol. The molecule has 0 atom stereocenters. The minimum Gasteiger partial charge on any atom is -0.396 e. The summed E-state index contributed by atoms with van der Waals surface area (Å²) in [5, 5.41) is 17.8. The van der Waals surface area contributed by atoms with Crippen molar-refractivity contribution < 1.29 is 10.2 Å². The molecule has 1 aromatic carbocycles. The number of benzene rings is 1.